The Hall–Kier alpha value is -2.74. The van der Waals surface area contributed by atoms with Crippen molar-refractivity contribution in [3.8, 4) is 0 Å². The second kappa shape index (κ2) is 7.89. The predicted octanol–water partition coefficient (Wildman–Crippen LogP) is -0.463. The average Bonchev–Trinajstić information content (AvgIpc) is 2.43. The van der Waals surface area contributed by atoms with Gasteiger partial charge in [-0.15, -0.1) is 0 Å². The van der Waals surface area contributed by atoms with Crippen molar-refractivity contribution in [2.75, 3.05) is 26.0 Å². The SMILES string of the molecule is CC(=O)Nc1ccccc1C(=O)C(=O)NNC(=O)CN(C)C. The molecule has 0 saturated carbocycles. The van der Waals surface area contributed by atoms with Crippen LogP contribution in [0, 0.1) is 0 Å². The summed E-state index contributed by atoms with van der Waals surface area (Å²) in [6.07, 6.45) is 0. The molecule has 0 aliphatic rings. The Morgan fingerprint density at radius 3 is 2.27 bits per heavy atom. The van der Waals surface area contributed by atoms with Crippen LogP contribution in [-0.2, 0) is 14.4 Å². The number of carbonyl (C=O) groups is 4. The fraction of sp³-hybridized carbons (Fsp3) is 0.286. The van der Waals surface area contributed by atoms with E-state index in [-0.39, 0.29) is 23.7 Å². The van der Waals surface area contributed by atoms with Crippen molar-refractivity contribution in [2.24, 2.45) is 0 Å². The lowest BCUT2D eigenvalue weighted by Crippen LogP contribution is -2.47. The van der Waals surface area contributed by atoms with E-state index in [0.29, 0.717) is 0 Å². The summed E-state index contributed by atoms with van der Waals surface area (Å²) in [6, 6.07) is 6.11. The van der Waals surface area contributed by atoms with Gasteiger partial charge >= 0.3 is 5.91 Å². The largest absolute Gasteiger partial charge is 0.326 e. The summed E-state index contributed by atoms with van der Waals surface area (Å²) < 4.78 is 0. The number of hydrazine groups is 1. The predicted molar refractivity (Wildman–Crippen MR) is 79.9 cm³/mol. The highest BCUT2D eigenvalue weighted by molar-refractivity contribution is 6.44. The Morgan fingerprint density at radius 1 is 1.05 bits per heavy atom. The summed E-state index contributed by atoms with van der Waals surface area (Å²) in [5.74, 6) is -2.68. The zero-order chi connectivity index (χ0) is 16.7. The van der Waals surface area contributed by atoms with Gasteiger partial charge in [-0.1, -0.05) is 12.1 Å². The smallest absolute Gasteiger partial charge is 0.310 e. The minimum atomic E-state index is -0.995. The van der Waals surface area contributed by atoms with Gasteiger partial charge in [0.2, 0.25) is 5.91 Å². The van der Waals surface area contributed by atoms with Crippen molar-refractivity contribution < 1.29 is 19.2 Å². The molecule has 0 spiro atoms. The molecule has 1 aromatic carbocycles. The van der Waals surface area contributed by atoms with Gasteiger partial charge in [0.15, 0.2) is 0 Å². The Bertz CT molecular complexity index is 598. The summed E-state index contributed by atoms with van der Waals surface area (Å²) in [4.78, 5) is 47.9. The Morgan fingerprint density at radius 2 is 1.68 bits per heavy atom. The standard InChI is InChI=1S/C14H18N4O4/c1-9(19)15-11-7-5-4-6-10(11)13(21)14(22)17-16-12(20)8-18(2)3/h4-7H,8H2,1-3H3,(H,15,19)(H,16,20)(H,17,22). The molecule has 0 bridgehead atoms. The van der Waals surface area contributed by atoms with Crippen molar-refractivity contribution in [1.29, 1.82) is 0 Å². The van der Waals surface area contributed by atoms with Gasteiger partial charge in [0.25, 0.3) is 11.7 Å². The number of nitrogens with zero attached hydrogens (tertiary/aromatic N) is 1. The molecule has 118 valence electrons. The molecule has 0 fully saturated rings. The van der Waals surface area contributed by atoms with Crippen LogP contribution in [-0.4, -0.2) is 49.0 Å². The number of para-hydroxylation sites is 1. The second-order valence-electron chi connectivity index (χ2n) is 4.80. The highest BCUT2D eigenvalue weighted by atomic mass is 16.2. The number of nitrogens with one attached hydrogen (secondary N) is 3. The molecule has 0 atom stereocenters. The van der Waals surface area contributed by atoms with E-state index >= 15 is 0 Å². The minimum Gasteiger partial charge on any atom is -0.326 e. The number of hydrogen-bond donors (Lipinski definition) is 3. The van der Waals surface area contributed by atoms with Crippen LogP contribution in [0.5, 0.6) is 0 Å². The highest BCUT2D eigenvalue weighted by Crippen LogP contribution is 2.15. The average molecular weight is 306 g/mol. The molecule has 8 nitrogen and oxygen atoms in total. The van der Waals surface area contributed by atoms with Gasteiger partial charge in [-0.25, -0.2) is 0 Å². The second-order valence-corrected chi connectivity index (χ2v) is 4.80. The van der Waals surface area contributed by atoms with E-state index in [2.05, 4.69) is 10.7 Å². The minimum absolute atomic E-state index is 0.0389. The molecule has 0 heterocycles. The van der Waals surface area contributed by atoms with Crippen molar-refractivity contribution in [1.82, 2.24) is 15.8 Å². The van der Waals surface area contributed by atoms with E-state index in [0.717, 1.165) is 0 Å². The zero-order valence-corrected chi connectivity index (χ0v) is 12.6. The first-order valence-electron chi connectivity index (χ1n) is 6.46. The molecule has 3 amide bonds. The van der Waals surface area contributed by atoms with Gasteiger partial charge in [0.05, 0.1) is 17.8 Å². The molecule has 0 radical (unpaired) electrons. The van der Waals surface area contributed by atoms with Crippen LogP contribution in [0.15, 0.2) is 24.3 Å². The van der Waals surface area contributed by atoms with Crippen LogP contribution in [0.2, 0.25) is 0 Å². The van der Waals surface area contributed by atoms with E-state index in [1.807, 2.05) is 5.43 Å². The maximum atomic E-state index is 12.1. The number of Topliss-reactive ketones (excluding diaryl/α,β-unsaturated/α-hetero) is 1. The molecular weight excluding hydrogens is 288 g/mol. The number of amides is 3. The van der Waals surface area contributed by atoms with Gasteiger partial charge in [0.1, 0.15) is 0 Å². The molecular formula is C14H18N4O4. The summed E-state index contributed by atoms with van der Waals surface area (Å²) in [6.45, 7) is 1.36. The number of carbonyl (C=O) groups excluding carboxylic acids is 4. The van der Waals surface area contributed by atoms with Gasteiger partial charge in [-0.2, -0.15) is 0 Å². The molecule has 0 unspecified atom stereocenters. The van der Waals surface area contributed by atoms with Gasteiger partial charge in [-0.05, 0) is 26.2 Å². The summed E-state index contributed by atoms with van der Waals surface area (Å²) in [5.41, 5.74) is 4.45. The summed E-state index contributed by atoms with van der Waals surface area (Å²) in [5, 5.41) is 2.47. The Balaban J connectivity index is 2.73. The fourth-order valence-electron chi connectivity index (χ4n) is 1.61. The lowest BCUT2D eigenvalue weighted by molar-refractivity contribution is -0.127. The molecule has 1 rings (SSSR count). The zero-order valence-electron chi connectivity index (χ0n) is 12.6. The molecule has 0 aromatic heterocycles. The quantitative estimate of drug-likeness (QED) is 0.387. The molecule has 0 saturated heterocycles. The highest BCUT2D eigenvalue weighted by Gasteiger charge is 2.20. The van der Waals surface area contributed by atoms with E-state index < -0.39 is 17.6 Å². The van der Waals surface area contributed by atoms with Crippen LogP contribution in [0.1, 0.15) is 17.3 Å². The van der Waals surface area contributed by atoms with Crippen LogP contribution in [0.3, 0.4) is 0 Å². The number of rotatable bonds is 5. The maximum Gasteiger partial charge on any atom is 0.310 e. The van der Waals surface area contributed by atoms with Gasteiger partial charge in [0, 0.05) is 6.92 Å². The van der Waals surface area contributed by atoms with Crippen molar-refractivity contribution in [2.45, 2.75) is 6.92 Å². The summed E-state index contributed by atoms with van der Waals surface area (Å²) in [7, 11) is 3.38. The van der Waals surface area contributed by atoms with Crippen LogP contribution in [0.4, 0.5) is 5.69 Å². The third kappa shape index (κ3) is 5.33. The summed E-state index contributed by atoms with van der Waals surface area (Å²) >= 11 is 0. The Labute approximate surface area is 127 Å². The number of hydrogen-bond acceptors (Lipinski definition) is 5. The monoisotopic (exact) mass is 306 g/mol. The molecule has 1 aromatic rings. The van der Waals surface area contributed by atoms with E-state index in [4.69, 9.17) is 0 Å². The third-order valence-corrected chi connectivity index (χ3v) is 2.46. The lowest BCUT2D eigenvalue weighted by Gasteiger charge is -2.11. The fourth-order valence-corrected chi connectivity index (χ4v) is 1.61. The third-order valence-electron chi connectivity index (χ3n) is 2.46. The Kier molecular flexibility index (Phi) is 6.21. The number of benzene rings is 1. The van der Waals surface area contributed by atoms with Crippen LogP contribution < -0.4 is 16.2 Å². The molecule has 0 aliphatic carbocycles. The van der Waals surface area contributed by atoms with Gasteiger partial charge in [-0.3, -0.25) is 30.0 Å². The van der Waals surface area contributed by atoms with Crippen molar-refractivity contribution in [3.05, 3.63) is 29.8 Å². The number of ketones is 1. The molecule has 8 heteroatoms. The molecule has 3 N–H and O–H groups in total. The van der Waals surface area contributed by atoms with E-state index in [1.54, 1.807) is 31.1 Å². The normalized spacial score (nSPS) is 10.0. The number of likely N-dealkylation sites (N-methyl/N-ethyl adjacent to an activating group) is 1. The van der Waals surface area contributed by atoms with E-state index in [9.17, 15) is 19.2 Å². The molecule has 22 heavy (non-hydrogen) atoms. The van der Waals surface area contributed by atoms with Crippen molar-refractivity contribution in [3.63, 3.8) is 0 Å². The van der Waals surface area contributed by atoms with Crippen molar-refractivity contribution >= 4 is 29.2 Å². The molecule has 0 aliphatic heterocycles. The van der Waals surface area contributed by atoms with E-state index in [1.165, 1.54) is 19.1 Å². The topological polar surface area (TPSA) is 108 Å². The first-order chi connectivity index (χ1) is 10.3. The van der Waals surface area contributed by atoms with Gasteiger partial charge < -0.3 is 10.2 Å². The lowest BCUT2D eigenvalue weighted by atomic mass is 10.1. The van der Waals surface area contributed by atoms with Crippen LogP contribution >= 0.6 is 0 Å². The number of anilines is 1. The van der Waals surface area contributed by atoms with Crippen LogP contribution in [0.25, 0.3) is 0 Å². The first-order valence-corrected chi connectivity index (χ1v) is 6.46. The maximum absolute atomic E-state index is 12.1. The first kappa shape index (κ1) is 17.3.